The van der Waals surface area contributed by atoms with Crippen molar-refractivity contribution in [1.29, 1.82) is 0 Å². The van der Waals surface area contributed by atoms with Crippen LogP contribution in [0.25, 0.3) is 21.2 Å². The molecule has 2 aromatic carbocycles. The van der Waals surface area contributed by atoms with E-state index in [9.17, 15) is 24.3 Å². The molecule has 3 amide bonds. The van der Waals surface area contributed by atoms with E-state index in [1.165, 1.54) is 23.3 Å². The Labute approximate surface area is 277 Å². The molecule has 47 heavy (non-hydrogen) atoms. The number of anilines is 1. The highest BCUT2D eigenvalue weighted by Gasteiger charge is 2.25. The van der Waals surface area contributed by atoms with Gasteiger partial charge in [-0.3, -0.25) is 19.3 Å². The molecule has 0 aliphatic rings. The number of amides is 3. The Morgan fingerprint density at radius 3 is 2.45 bits per heavy atom. The Bertz CT molecular complexity index is 1730. The number of nitrogens with zero attached hydrogens (tertiary/aromatic N) is 2. The van der Waals surface area contributed by atoms with E-state index in [-0.39, 0.29) is 37.6 Å². The summed E-state index contributed by atoms with van der Waals surface area (Å²) < 4.78 is 11.2. The number of carbonyl (C=O) groups is 4. The number of esters is 1. The van der Waals surface area contributed by atoms with E-state index < -0.39 is 29.6 Å². The summed E-state index contributed by atoms with van der Waals surface area (Å²) >= 11 is 1.46. The lowest BCUT2D eigenvalue weighted by molar-refractivity contribution is -0.141. The number of aromatic hydroxyl groups is 1. The van der Waals surface area contributed by atoms with Gasteiger partial charge in [-0.15, -0.1) is 11.3 Å². The average Bonchev–Trinajstić information content (AvgIpc) is 3.52. The van der Waals surface area contributed by atoms with Crippen molar-refractivity contribution >= 4 is 51.1 Å². The molecule has 3 N–H and O–H groups in total. The van der Waals surface area contributed by atoms with E-state index in [1.54, 1.807) is 39.1 Å². The number of aryl methyl sites for hydroxylation is 1. The number of hydrogen-bond donors (Lipinski definition) is 3. The molecule has 0 aliphatic carbocycles. The van der Waals surface area contributed by atoms with Gasteiger partial charge in [0.05, 0.1) is 30.8 Å². The molecule has 0 fully saturated rings. The molecule has 2 aromatic heterocycles. The van der Waals surface area contributed by atoms with Crippen LogP contribution in [-0.2, 0) is 23.9 Å². The highest BCUT2D eigenvalue weighted by Crippen LogP contribution is 2.37. The zero-order chi connectivity index (χ0) is 34.1. The second-order valence-electron chi connectivity index (χ2n) is 12.0. The van der Waals surface area contributed by atoms with Gasteiger partial charge < -0.3 is 25.2 Å². The Balaban J connectivity index is 1.34. The Morgan fingerprint density at radius 1 is 1.02 bits per heavy atom. The molecular formula is C35H40N4O7S. The van der Waals surface area contributed by atoms with E-state index in [0.717, 1.165) is 26.8 Å². The molecule has 0 saturated heterocycles. The Morgan fingerprint density at radius 2 is 1.77 bits per heavy atom. The number of fused-ring (bicyclic) bond motifs is 1. The van der Waals surface area contributed by atoms with E-state index in [0.29, 0.717) is 17.8 Å². The zero-order valence-corrected chi connectivity index (χ0v) is 28.0. The predicted octanol–water partition coefficient (Wildman–Crippen LogP) is 6.04. The number of ether oxygens (including phenoxy) is 2. The minimum atomic E-state index is -0.707. The molecule has 0 radical (unpaired) electrons. The second-order valence-corrected chi connectivity index (χ2v) is 12.9. The van der Waals surface area contributed by atoms with Gasteiger partial charge >= 0.3 is 12.1 Å². The van der Waals surface area contributed by atoms with Crippen molar-refractivity contribution in [3.8, 4) is 16.9 Å². The van der Waals surface area contributed by atoms with Gasteiger partial charge in [0.25, 0.3) is 0 Å². The lowest BCUT2D eigenvalue weighted by Crippen LogP contribution is -2.40. The molecular weight excluding hydrogens is 620 g/mol. The molecule has 0 saturated carbocycles. The number of phenolic OH excluding ortho intramolecular Hbond substituents is 1. The fourth-order valence-corrected chi connectivity index (χ4v) is 5.72. The fourth-order valence-electron chi connectivity index (χ4n) is 4.89. The minimum Gasteiger partial charge on any atom is -0.506 e. The number of benzene rings is 2. The summed E-state index contributed by atoms with van der Waals surface area (Å²) in [5.41, 5.74) is 2.76. The quantitative estimate of drug-likeness (QED) is 0.156. The Kier molecular flexibility index (Phi) is 11.5. The normalized spacial score (nSPS) is 11.9. The molecule has 0 unspecified atom stereocenters. The summed E-state index contributed by atoms with van der Waals surface area (Å²) in [6.07, 6.45) is 1.30. The molecule has 2 heterocycles. The molecule has 12 heteroatoms. The maximum absolute atomic E-state index is 12.9. The summed E-state index contributed by atoms with van der Waals surface area (Å²) in [5.74, 6) is -0.699. The molecule has 0 bridgehead atoms. The SMILES string of the molecule is COC(=O)C[C@H](NC(=O)CNC(=O)CCCN(C(=O)OC(C)(C)C)c1cc(C)ccn1)c1ccc(-c2ccc(O)c3sccc23)cc1. The van der Waals surface area contributed by atoms with Crippen molar-refractivity contribution in [2.24, 2.45) is 0 Å². The van der Waals surface area contributed by atoms with E-state index in [1.807, 2.05) is 54.8 Å². The van der Waals surface area contributed by atoms with Gasteiger partial charge in [-0.05, 0) is 92.1 Å². The monoisotopic (exact) mass is 660 g/mol. The maximum atomic E-state index is 12.9. The number of hydrogen-bond acceptors (Lipinski definition) is 9. The van der Waals surface area contributed by atoms with Crippen molar-refractivity contribution in [2.45, 2.75) is 58.6 Å². The fraction of sp³-hybridized carbons (Fsp3) is 0.343. The highest BCUT2D eigenvalue weighted by atomic mass is 32.1. The highest BCUT2D eigenvalue weighted by molar-refractivity contribution is 7.17. The predicted molar refractivity (Wildman–Crippen MR) is 181 cm³/mol. The van der Waals surface area contributed by atoms with Crippen molar-refractivity contribution in [1.82, 2.24) is 15.6 Å². The number of thiophene rings is 1. The van der Waals surface area contributed by atoms with Crippen LogP contribution in [0.15, 0.2) is 66.2 Å². The molecule has 11 nitrogen and oxygen atoms in total. The number of rotatable bonds is 12. The smallest absolute Gasteiger partial charge is 0.416 e. The van der Waals surface area contributed by atoms with Gasteiger partial charge in [0.15, 0.2) is 0 Å². The number of pyridine rings is 1. The van der Waals surface area contributed by atoms with Gasteiger partial charge in [0, 0.05) is 24.5 Å². The molecule has 0 spiro atoms. The first-order valence-corrected chi connectivity index (χ1v) is 16.1. The second kappa shape index (κ2) is 15.5. The number of carbonyl (C=O) groups excluding carboxylic acids is 4. The van der Waals surface area contributed by atoms with Crippen LogP contribution in [0, 0.1) is 6.92 Å². The third-order valence-electron chi connectivity index (χ3n) is 7.18. The molecule has 248 valence electrons. The molecule has 1 atom stereocenters. The zero-order valence-electron chi connectivity index (χ0n) is 27.2. The number of phenols is 1. The minimum absolute atomic E-state index is 0.0557. The number of aromatic nitrogens is 1. The topological polar surface area (TPSA) is 147 Å². The standard InChI is InChI=1S/C35H40N4O7S/c1-22-14-16-36-29(19-22)39(34(44)46-35(2,3)4)17-6-7-30(41)37-21-31(42)38-27(20-32(43)45-5)24-10-8-23(9-11-24)25-12-13-28(40)33-26(25)15-18-47-33/h8-16,18-19,27,40H,6-7,17,20-21H2,1-5H3,(H,37,41)(H,38,42)/t27-/m0/s1. The first-order chi connectivity index (χ1) is 22.3. The first kappa shape index (κ1) is 34.9. The van der Waals surface area contributed by atoms with Crippen LogP contribution >= 0.6 is 11.3 Å². The lowest BCUT2D eigenvalue weighted by Gasteiger charge is -2.27. The number of nitrogens with one attached hydrogen (secondary N) is 2. The van der Waals surface area contributed by atoms with E-state index >= 15 is 0 Å². The van der Waals surface area contributed by atoms with Crippen LogP contribution in [0.1, 0.15) is 57.2 Å². The molecule has 4 rings (SSSR count). The third-order valence-corrected chi connectivity index (χ3v) is 8.11. The average molecular weight is 661 g/mol. The van der Waals surface area contributed by atoms with Crippen molar-refractivity contribution in [3.05, 3.63) is 77.3 Å². The van der Waals surface area contributed by atoms with Gasteiger partial charge in [0.1, 0.15) is 17.2 Å². The van der Waals surface area contributed by atoms with Gasteiger partial charge in [-0.2, -0.15) is 0 Å². The summed E-state index contributed by atoms with van der Waals surface area (Å²) in [7, 11) is 1.28. The summed E-state index contributed by atoms with van der Waals surface area (Å²) in [6.45, 7) is 7.10. The van der Waals surface area contributed by atoms with Gasteiger partial charge in [0.2, 0.25) is 11.8 Å². The van der Waals surface area contributed by atoms with Crippen LogP contribution < -0.4 is 15.5 Å². The third kappa shape index (κ3) is 9.76. The van der Waals surface area contributed by atoms with Crippen LogP contribution in [0.5, 0.6) is 5.75 Å². The summed E-state index contributed by atoms with van der Waals surface area (Å²) in [4.78, 5) is 56.3. The van der Waals surface area contributed by atoms with Crippen LogP contribution in [0.2, 0.25) is 0 Å². The molecule has 0 aliphatic heterocycles. The summed E-state index contributed by atoms with van der Waals surface area (Å²) in [5, 5.41) is 18.4. The first-order valence-electron chi connectivity index (χ1n) is 15.2. The number of methoxy groups -OCH3 is 1. The maximum Gasteiger partial charge on any atom is 0.416 e. The van der Waals surface area contributed by atoms with E-state index in [4.69, 9.17) is 9.47 Å². The lowest BCUT2D eigenvalue weighted by atomic mass is 9.97. The Hall–Kier alpha value is -4.97. The summed E-state index contributed by atoms with van der Waals surface area (Å²) in [6, 6.07) is 15.8. The molecule has 4 aromatic rings. The largest absolute Gasteiger partial charge is 0.506 e. The van der Waals surface area contributed by atoms with Crippen LogP contribution in [0.3, 0.4) is 0 Å². The van der Waals surface area contributed by atoms with Crippen molar-refractivity contribution in [2.75, 3.05) is 25.1 Å². The van der Waals surface area contributed by atoms with Crippen molar-refractivity contribution in [3.63, 3.8) is 0 Å². The van der Waals surface area contributed by atoms with E-state index in [2.05, 4.69) is 15.6 Å². The van der Waals surface area contributed by atoms with Crippen LogP contribution in [-0.4, -0.2) is 59.8 Å². The van der Waals surface area contributed by atoms with Crippen LogP contribution in [0.4, 0.5) is 10.6 Å². The van der Waals surface area contributed by atoms with Gasteiger partial charge in [-0.1, -0.05) is 24.3 Å². The van der Waals surface area contributed by atoms with Crippen molar-refractivity contribution < 1.29 is 33.8 Å². The van der Waals surface area contributed by atoms with Gasteiger partial charge in [-0.25, -0.2) is 9.78 Å².